The van der Waals surface area contributed by atoms with E-state index >= 15 is 0 Å². The van der Waals surface area contributed by atoms with Crippen molar-refractivity contribution in [2.75, 3.05) is 19.0 Å². The molecular weight excluding hydrogens is 382 g/mol. The minimum atomic E-state index is -0.387. The SMILES string of the molecule is CF.Cc1c(Cl)sc2ncnc(Nc3ccc(F)cc3OC(C)CN)c12. The number of nitrogens with two attached hydrogens (primary N) is 1. The maximum absolute atomic E-state index is 13.6. The van der Waals surface area contributed by atoms with Crippen molar-refractivity contribution in [3.8, 4) is 5.75 Å². The van der Waals surface area contributed by atoms with Crippen LogP contribution in [0.2, 0.25) is 4.34 Å². The minimum absolute atomic E-state index is 0.241. The topological polar surface area (TPSA) is 73.1 Å². The molecule has 0 radical (unpaired) electrons. The van der Waals surface area contributed by atoms with Crippen LogP contribution in [0, 0.1) is 12.7 Å². The molecule has 0 saturated carbocycles. The number of ether oxygens (including phenoxy) is 1. The van der Waals surface area contributed by atoms with Crippen LogP contribution in [0.4, 0.5) is 20.3 Å². The molecule has 26 heavy (non-hydrogen) atoms. The zero-order chi connectivity index (χ0) is 19.3. The highest BCUT2D eigenvalue weighted by Crippen LogP contribution is 2.38. The molecule has 0 aliphatic carbocycles. The lowest BCUT2D eigenvalue weighted by atomic mass is 10.2. The fraction of sp³-hybridized carbons (Fsp3) is 0.294. The van der Waals surface area contributed by atoms with Gasteiger partial charge in [0.1, 0.15) is 34.6 Å². The highest BCUT2D eigenvalue weighted by Gasteiger charge is 2.15. The van der Waals surface area contributed by atoms with Gasteiger partial charge in [-0.3, -0.25) is 4.39 Å². The van der Waals surface area contributed by atoms with Crippen molar-refractivity contribution in [2.24, 2.45) is 5.73 Å². The lowest BCUT2D eigenvalue weighted by Gasteiger charge is -2.17. The molecular formula is C17H19ClF2N4OS. The first-order valence-corrected chi connectivity index (χ1v) is 8.89. The summed E-state index contributed by atoms with van der Waals surface area (Å²) in [4.78, 5) is 9.32. The Morgan fingerprint density at radius 3 is 2.77 bits per heavy atom. The third kappa shape index (κ3) is 4.38. The van der Waals surface area contributed by atoms with Crippen molar-refractivity contribution in [2.45, 2.75) is 20.0 Å². The van der Waals surface area contributed by atoms with Crippen LogP contribution in [0.1, 0.15) is 12.5 Å². The summed E-state index contributed by atoms with van der Waals surface area (Å²) >= 11 is 7.59. The molecule has 0 fully saturated rings. The third-order valence-corrected chi connectivity index (χ3v) is 5.03. The van der Waals surface area contributed by atoms with Crippen LogP contribution in [0.15, 0.2) is 24.5 Å². The minimum Gasteiger partial charge on any atom is -0.487 e. The average Bonchev–Trinajstić information content (AvgIpc) is 2.94. The lowest BCUT2D eigenvalue weighted by molar-refractivity contribution is 0.230. The number of nitrogens with one attached hydrogen (secondary N) is 1. The highest BCUT2D eigenvalue weighted by molar-refractivity contribution is 7.22. The van der Waals surface area contributed by atoms with Gasteiger partial charge in [-0.2, -0.15) is 0 Å². The van der Waals surface area contributed by atoms with Crippen LogP contribution in [0.3, 0.4) is 0 Å². The number of fused-ring (bicyclic) bond motifs is 1. The van der Waals surface area contributed by atoms with Gasteiger partial charge in [-0.1, -0.05) is 11.6 Å². The van der Waals surface area contributed by atoms with Crippen molar-refractivity contribution in [1.29, 1.82) is 0 Å². The number of aryl methyl sites for hydroxylation is 1. The first-order valence-electron chi connectivity index (χ1n) is 7.70. The molecule has 3 aromatic rings. The molecule has 0 aliphatic heterocycles. The summed E-state index contributed by atoms with van der Waals surface area (Å²) in [6.07, 6.45) is 1.22. The van der Waals surface area contributed by atoms with Crippen molar-refractivity contribution in [1.82, 2.24) is 9.97 Å². The molecule has 2 heterocycles. The molecule has 2 aromatic heterocycles. The van der Waals surface area contributed by atoms with Gasteiger partial charge in [-0.25, -0.2) is 14.4 Å². The maximum Gasteiger partial charge on any atom is 0.146 e. The Morgan fingerprint density at radius 2 is 2.08 bits per heavy atom. The number of halogens is 3. The molecule has 1 unspecified atom stereocenters. The fourth-order valence-electron chi connectivity index (χ4n) is 2.23. The van der Waals surface area contributed by atoms with Gasteiger partial charge in [0.2, 0.25) is 0 Å². The second-order valence-corrected chi connectivity index (χ2v) is 6.93. The first kappa shape index (κ1) is 20.3. The predicted octanol–water partition coefficient (Wildman–Crippen LogP) is 4.85. The van der Waals surface area contributed by atoms with Gasteiger partial charge in [0.15, 0.2) is 0 Å². The molecule has 0 aliphatic rings. The largest absolute Gasteiger partial charge is 0.487 e. The van der Waals surface area contributed by atoms with Gasteiger partial charge in [0, 0.05) is 12.6 Å². The average molecular weight is 401 g/mol. The number of hydrogen-bond donors (Lipinski definition) is 2. The van der Waals surface area contributed by atoms with Crippen LogP contribution >= 0.6 is 22.9 Å². The van der Waals surface area contributed by atoms with E-state index in [-0.39, 0.29) is 11.9 Å². The number of nitrogens with zero attached hydrogens (tertiary/aromatic N) is 2. The van der Waals surface area contributed by atoms with E-state index < -0.39 is 0 Å². The first-order chi connectivity index (χ1) is 12.5. The van der Waals surface area contributed by atoms with Crippen LogP contribution in [0.25, 0.3) is 10.2 Å². The van der Waals surface area contributed by atoms with E-state index in [4.69, 9.17) is 22.1 Å². The van der Waals surface area contributed by atoms with E-state index in [0.29, 0.717) is 35.3 Å². The van der Waals surface area contributed by atoms with Crippen LogP contribution in [-0.2, 0) is 0 Å². The van der Waals surface area contributed by atoms with Gasteiger partial charge in [-0.15, -0.1) is 11.3 Å². The van der Waals surface area contributed by atoms with Crippen LogP contribution < -0.4 is 15.8 Å². The van der Waals surface area contributed by atoms with Crippen molar-refractivity contribution >= 4 is 44.7 Å². The summed E-state index contributed by atoms with van der Waals surface area (Å²) in [6, 6.07) is 4.28. The summed E-state index contributed by atoms with van der Waals surface area (Å²) in [5.74, 6) is 0.582. The monoisotopic (exact) mass is 400 g/mol. The number of alkyl halides is 1. The Morgan fingerprint density at radius 1 is 1.35 bits per heavy atom. The number of thiophene rings is 1. The summed E-state index contributed by atoms with van der Waals surface area (Å²) in [5.41, 5.74) is 7.08. The van der Waals surface area contributed by atoms with Gasteiger partial charge in [0.25, 0.3) is 0 Å². The Labute approximate surface area is 159 Å². The third-order valence-electron chi connectivity index (χ3n) is 3.53. The molecule has 5 nitrogen and oxygen atoms in total. The lowest BCUT2D eigenvalue weighted by Crippen LogP contribution is -2.23. The van der Waals surface area contributed by atoms with Crippen LogP contribution in [-0.4, -0.2) is 29.8 Å². The predicted molar refractivity (Wildman–Crippen MR) is 103 cm³/mol. The van der Waals surface area contributed by atoms with E-state index in [0.717, 1.165) is 15.8 Å². The number of hydrogen-bond acceptors (Lipinski definition) is 6. The van der Waals surface area contributed by atoms with E-state index in [2.05, 4.69) is 15.3 Å². The number of benzene rings is 1. The molecule has 0 spiro atoms. The molecule has 3 rings (SSSR count). The second-order valence-electron chi connectivity index (χ2n) is 5.33. The Balaban J connectivity index is 0.00000117. The smallest absolute Gasteiger partial charge is 0.146 e. The van der Waals surface area contributed by atoms with Gasteiger partial charge in [-0.05, 0) is 31.5 Å². The molecule has 1 aromatic carbocycles. The van der Waals surface area contributed by atoms with E-state index in [1.54, 1.807) is 6.07 Å². The van der Waals surface area contributed by atoms with Crippen molar-refractivity contribution < 1.29 is 13.5 Å². The molecule has 0 amide bonds. The van der Waals surface area contributed by atoms with E-state index in [9.17, 15) is 8.78 Å². The molecule has 140 valence electrons. The molecule has 0 bridgehead atoms. The Hall–Kier alpha value is -2.03. The van der Waals surface area contributed by atoms with E-state index in [1.165, 1.54) is 29.8 Å². The zero-order valence-electron chi connectivity index (χ0n) is 14.5. The highest BCUT2D eigenvalue weighted by atomic mass is 35.5. The summed E-state index contributed by atoms with van der Waals surface area (Å²) < 4.78 is 29.4. The fourth-order valence-corrected chi connectivity index (χ4v) is 3.42. The van der Waals surface area contributed by atoms with Gasteiger partial charge in [0.05, 0.1) is 22.6 Å². The van der Waals surface area contributed by atoms with Gasteiger partial charge < -0.3 is 15.8 Å². The van der Waals surface area contributed by atoms with Crippen molar-refractivity contribution in [3.05, 3.63) is 40.2 Å². The number of anilines is 2. The van der Waals surface area contributed by atoms with Gasteiger partial charge >= 0.3 is 0 Å². The normalized spacial score (nSPS) is 11.7. The zero-order valence-corrected chi connectivity index (χ0v) is 16.1. The molecule has 9 heteroatoms. The molecule has 3 N–H and O–H groups in total. The number of aromatic nitrogens is 2. The summed E-state index contributed by atoms with van der Waals surface area (Å²) in [7, 11) is 0.500. The standard InChI is InChI=1S/C16H16ClFN4OS.CH3F/c1-8(6-19)23-12-5-10(18)3-4-11(12)22-15-13-9(2)14(17)24-16(13)21-7-20-15;1-2/h3-5,7-8H,6,19H2,1-2H3,(H,20,21,22);1H3. The molecule has 0 saturated heterocycles. The Bertz CT molecular complexity index is 891. The second kappa shape index (κ2) is 9.07. The Kier molecular flexibility index (Phi) is 7.07. The number of rotatable bonds is 5. The van der Waals surface area contributed by atoms with E-state index in [1.807, 2.05) is 13.8 Å². The molecule has 1 atom stereocenters. The maximum atomic E-state index is 13.6. The van der Waals surface area contributed by atoms with Crippen LogP contribution in [0.5, 0.6) is 5.75 Å². The summed E-state index contributed by atoms with van der Waals surface area (Å²) in [6.45, 7) is 4.06. The van der Waals surface area contributed by atoms with Crippen molar-refractivity contribution in [3.63, 3.8) is 0 Å². The quantitative estimate of drug-likeness (QED) is 0.640. The summed E-state index contributed by atoms with van der Waals surface area (Å²) in [5, 5.41) is 4.03.